The SMILES string of the molecule is OC(CN1CCCC1C1CCCCC1O)c1ccccc1. The molecule has 1 aliphatic heterocycles. The van der Waals surface area contributed by atoms with Gasteiger partial charge in [0.2, 0.25) is 0 Å². The predicted octanol–water partition coefficient (Wildman–Crippen LogP) is 2.74. The lowest BCUT2D eigenvalue weighted by atomic mass is 9.80. The van der Waals surface area contributed by atoms with Gasteiger partial charge in [0.1, 0.15) is 0 Å². The van der Waals surface area contributed by atoms with Crippen molar-refractivity contribution in [1.29, 1.82) is 0 Å². The lowest BCUT2D eigenvalue weighted by Gasteiger charge is -2.38. The van der Waals surface area contributed by atoms with Crippen molar-refractivity contribution in [3.8, 4) is 0 Å². The van der Waals surface area contributed by atoms with Gasteiger partial charge in [0.25, 0.3) is 0 Å². The number of hydrogen-bond donors (Lipinski definition) is 2. The molecule has 3 nitrogen and oxygen atoms in total. The third-order valence-corrected chi connectivity index (χ3v) is 5.28. The third kappa shape index (κ3) is 3.47. The van der Waals surface area contributed by atoms with Gasteiger partial charge in [-0.25, -0.2) is 0 Å². The summed E-state index contributed by atoms with van der Waals surface area (Å²) in [6, 6.07) is 10.4. The number of rotatable bonds is 4. The summed E-state index contributed by atoms with van der Waals surface area (Å²) in [4.78, 5) is 2.41. The number of aliphatic hydroxyl groups excluding tert-OH is 2. The Kier molecular flexibility index (Phi) is 4.94. The van der Waals surface area contributed by atoms with Crippen molar-refractivity contribution in [1.82, 2.24) is 4.90 Å². The van der Waals surface area contributed by atoms with Crippen LogP contribution in [0.3, 0.4) is 0 Å². The number of aliphatic hydroxyl groups is 2. The highest BCUT2D eigenvalue weighted by Crippen LogP contribution is 2.35. The molecule has 1 aromatic rings. The summed E-state index contributed by atoms with van der Waals surface area (Å²) in [6.45, 7) is 1.75. The third-order valence-electron chi connectivity index (χ3n) is 5.28. The van der Waals surface area contributed by atoms with Crippen LogP contribution in [0.2, 0.25) is 0 Å². The number of hydrogen-bond acceptors (Lipinski definition) is 3. The van der Waals surface area contributed by atoms with E-state index in [4.69, 9.17) is 0 Å². The predicted molar refractivity (Wildman–Crippen MR) is 84.0 cm³/mol. The van der Waals surface area contributed by atoms with Gasteiger partial charge in [-0.3, -0.25) is 4.90 Å². The summed E-state index contributed by atoms with van der Waals surface area (Å²) in [7, 11) is 0. The molecule has 116 valence electrons. The molecule has 1 saturated carbocycles. The van der Waals surface area contributed by atoms with Crippen LogP contribution in [0.25, 0.3) is 0 Å². The Morgan fingerprint density at radius 2 is 1.81 bits per heavy atom. The molecule has 1 aliphatic carbocycles. The van der Waals surface area contributed by atoms with Gasteiger partial charge in [-0.2, -0.15) is 0 Å². The maximum atomic E-state index is 10.5. The van der Waals surface area contributed by atoms with E-state index in [1.54, 1.807) is 0 Å². The lowest BCUT2D eigenvalue weighted by molar-refractivity contribution is 0.00899. The maximum absolute atomic E-state index is 10.5. The Morgan fingerprint density at radius 3 is 2.57 bits per heavy atom. The molecule has 0 aromatic heterocycles. The van der Waals surface area contributed by atoms with Gasteiger partial charge in [-0.05, 0) is 37.8 Å². The summed E-state index contributed by atoms with van der Waals surface area (Å²) in [5.74, 6) is 0.407. The zero-order valence-corrected chi connectivity index (χ0v) is 12.7. The summed E-state index contributed by atoms with van der Waals surface area (Å²) in [6.07, 6.45) is 6.30. The highest BCUT2D eigenvalue weighted by Gasteiger charge is 2.37. The number of likely N-dealkylation sites (tertiary alicyclic amines) is 1. The number of β-amino-alcohol motifs (C(OH)–C–C–N with tert-alkyl or cyclic N) is 1. The molecular weight excluding hydrogens is 262 g/mol. The zero-order valence-electron chi connectivity index (χ0n) is 12.7. The minimum absolute atomic E-state index is 0.141. The summed E-state index contributed by atoms with van der Waals surface area (Å²) < 4.78 is 0. The van der Waals surface area contributed by atoms with E-state index in [-0.39, 0.29) is 6.10 Å². The van der Waals surface area contributed by atoms with E-state index in [1.807, 2.05) is 30.3 Å². The molecule has 0 radical (unpaired) electrons. The normalized spacial score (nSPS) is 32.2. The average molecular weight is 289 g/mol. The molecule has 21 heavy (non-hydrogen) atoms. The van der Waals surface area contributed by atoms with Gasteiger partial charge < -0.3 is 10.2 Å². The maximum Gasteiger partial charge on any atom is 0.0917 e. The topological polar surface area (TPSA) is 43.7 Å². The molecule has 0 bridgehead atoms. The molecule has 1 heterocycles. The fourth-order valence-electron chi connectivity index (χ4n) is 4.15. The van der Waals surface area contributed by atoms with Crippen molar-refractivity contribution in [2.75, 3.05) is 13.1 Å². The number of nitrogens with zero attached hydrogens (tertiary/aromatic N) is 1. The largest absolute Gasteiger partial charge is 0.393 e. The highest BCUT2D eigenvalue weighted by atomic mass is 16.3. The Morgan fingerprint density at radius 1 is 1.05 bits per heavy atom. The van der Waals surface area contributed by atoms with E-state index in [1.165, 1.54) is 19.3 Å². The van der Waals surface area contributed by atoms with Crippen molar-refractivity contribution in [3.05, 3.63) is 35.9 Å². The van der Waals surface area contributed by atoms with Gasteiger partial charge in [0.15, 0.2) is 0 Å². The van der Waals surface area contributed by atoms with Gasteiger partial charge in [0.05, 0.1) is 12.2 Å². The van der Waals surface area contributed by atoms with E-state index in [0.29, 0.717) is 18.5 Å². The fourth-order valence-corrected chi connectivity index (χ4v) is 4.15. The second-order valence-corrected chi connectivity index (χ2v) is 6.65. The molecule has 3 rings (SSSR count). The van der Waals surface area contributed by atoms with Crippen molar-refractivity contribution < 1.29 is 10.2 Å². The zero-order chi connectivity index (χ0) is 14.7. The van der Waals surface area contributed by atoms with Gasteiger partial charge >= 0.3 is 0 Å². The molecule has 1 saturated heterocycles. The molecule has 4 atom stereocenters. The van der Waals surface area contributed by atoms with Crippen molar-refractivity contribution in [3.63, 3.8) is 0 Å². The minimum Gasteiger partial charge on any atom is -0.393 e. The van der Waals surface area contributed by atoms with E-state index in [2.05, 4.69) is 4.90 Å². The summed E-state index contributed by atoms with van der Waals surface area (Å²) in [5.41, 5.74) is 0.993. The van der Waals surface area contributed by atoms with Crippen LogP contribution in [0, 0.1) is 5.92 Å². The van der Waals surface area contributed by atoms with Gasteiger partial charge in [0, 0.05) is 18.5 Å². The van der Waals surface area contributed by atoms with E-state index >= 15 is 0 Å². The standard InChI is InChI=1S/C18H27NO2/c20-17-11-5-4-9-15(17)16-10-6-12-19(16)13-18(21)14-7-2-1-3-8-14/h1-3,7-8,15-18,20-21H,4-6,9-13H2. The second-order valence-electron chi connectivity index (χ2n) is 6.65. The first kappa shape index (κ1) is 15.0. The van der Waals surface area contributed by atoms with E-state index in [0.717, 1.165) is 31.4 Å². The van der Waals surface area contributed by atoms with Crippen LogP contribution in [0.15, 0.2) is 30.3 Å². The minimum atomic E-state index is -0.424. The van der Waals surface area contributed by atoms with Crippen LogP contribution in [-0.4, -0.2) is 40.3 Å². The molecule has 2 N–H and O–H groups in total. The monoisotopic (exact) mass is 289 g/mol. The van der Waals surface area contributed by atoms with Gasteiger partial charge in [-0.1, -0.05) is 43.2 Å². The first-order valence-electron chi connectivity index (χ1n) is 8.41. The Labute approximate surface area is 127 Å². The Balaban J connectivity index is 1.64. The van der Waals surface area contributed by atoms with Crippen LogP contribution in [0.4, 0.5) is 0 Å². The quantitative estimate of drug-likeness (QED) is 0.896. The van der Waals surface area contributed by atoms with Crippen LogP contribution >= 0.6 is 0 Å². The molecule has 4 unspecified atom stereocenters. The molecule has 2 fully saturated rings. The van der Waals surface area contributed by atoms with Crippen LogP contribution in [-0.2, 0) is 0 Å². The second kappa shape index (κ2) is 6.91. The van der Waals surface area contributed by atoms with Crippen molar-refractivity contribution in [2.45, 2.75) is 56.8 Å². The first-order valence-corrected chi connectivity index (χ1v) is 8.41. The van der Waals surface area contributed by atoms with Crippen LogP contribution in [0.5, 0.6) is 0 Å². The highest BCUT2D eigenvalue weighted by molar-refractivity contribution is 5.17. The van der Waals surface area contributed by atoms with Crippen LogP contribution < -0.4 is 0 Å². The molecule has 1 aromatic carbocycles. The molecule has 0 spiro atoms. The average Bonchev–Trinajstić information content (AvgIpc) is 2.96. The lowest BCUT2D eigenvalue weighted by Crippen LogP contribution is -2.44. The molecule has 3 heteroatoms. The smallest absolute Gasteiger partial charge is 0.0917 e. The Bertz CT molecular complexity index is 436. The summed E-state index contributed by atoms with van der Waals surface area (Å²) >= 11 is 0. The van der Waals surface area contributed by atoms with E-state index < -0.39 is 6.10 Å². The van der Waals surface area contributed by atoms with Gasteiger partial charge in [-0.15, -0.1) is 0 Å². The molecule has 0 amide bonds. The van der Waals surface area contributed by atoms with E-state index in [9.17, 15) is 10.2 Å². The number of benzene rings is 1. The fraction of sp³-hybridized carbons (Fsp3) is 0.667. The first-order chi connectivity index (χ1) is 10.3. The Hall–Kier alpha value is -0.900. The molecule has 2 aliphatic rings. The van der Waals surface area contributed by atoms with Crippen molar-refractivity contribution in [2.24, 2.45) is 5.92 Å². The summed E-state index contributed by atoms with van der Waals surface area (Å²) in [5, 5.41) is 20.8. The van der Waals surface area contributed by atoms with Crippen molar-refractivity contribution >= 4 is 0 Å². The molecular formula is C18H27NO2. The van der Waals surface area contributed by atoms with Crippen LogP contribution in [0.1, 0.15) is 50.2 Å².